The van der Waals surface area contributed by atoms with Crippen LogP contribution in [0.15, 0.2) is 29.4 Å². The van der Waals surface area contributed by atoms with Crippen molar-refractivity contribution in [2.45, 2.75) is 19.3 Å². The molecular formula is C13H13N3O3. The molecule has 0 spiro atoms. The van der Waals surface area contributed by atoms with Gasteiger partial charge in [0.05, 0.1) is 22.7 Å². The molecule has 6 nitrogen and oxygen atoms in total. The largest absolute Gasteiger partial charge is 0.278 e. The van der Waals surface area contributed by atoms with E-state index in [4.69, 9.17) is 0 Å². The Bertz CT molecular complexity index is 578. The number of para-hydroxylation sites is 1. The van der Waals surface area contributed by atoms with Gasteiger partial charge in [0.2, 0.25) is 5.91 Å². The van der Waals surface area contributed by atoms with E-state index in [1.165, 1.54) is 11.1 Å². The van der Waals surface area contributed by atoms with E-state index in [9.17, 15) is 14.9 Å². The fourth-order valence-electron chi connectivity index (χ4n) is 2.22. The van der Waals surface area contributed by atoms with Crippen LogP contribution >= 0.6 is 0 Å². The molecule has 0 radical (unpaired) electrons. The van der Waals surface area contributed by atoms with Crippen LogP contribution in [-0.2, 0) is 4.79 Å². The van der Waals surface area contributed by atoms with Crippen molar-refractivity contribution in [1.82, 2.24) is 5.01 Å². The summed E-state index contributed by atoms with van der Waals surface area (Å²) in [6.07, 6.45) is 2.45. The highest BCUT2D eigenvalue weighted by Gasteiger charge is 2.36. The first-order valence-electron chi connectivity index (χ1n) is 6.29. The second kappa shape index (κ2) is 4.46. The van der Waals surface area contributed by atoms with E-state index in [0.717, 1.165) is 12.8 Å². The molecule has 19 heavy (non-hydrogen) atoms. The number of carbonyl (C=O) groups is 1. The van der Waals surface area contributed by atoms with E-state index in [1.54, 1.807) is 18.2 Å². The van der Waals surface area contributed by atoms with Gasteiger partial charge >= 0.3 is 0 Å². The van der Waals surface area contributed by atoms with Gasteiger partial charge in [-0.1, -0.05) is 12.1 Å². The van der Waals surface area contributed by atoms with Crippen molar-refractivity contribution in [3.63, 3.8) is 0 Å². The zero-order chi connectivity index (χ0) is 13.4. The maximum atomic E-state index is 11.9. The topological polar surface area (TPSA) is 75.8 Å². The minimum absolute atomic E-state index is 0.0435. The number of amides is 1. The average Bonchev–Trinajstić information content (AvgIpc) is 3.15. The molecule has 1 amide bonds. The Balaban J connectivity index is 1.88. The Hall–Kier alpha value is -2.24. The highest BCUT2D eigenvalue weighted by Crippen LogP contribution is 2.32. The van der Waals surface area contributed by atoms with Crippen molar-refractivity contribution < 1.29 is 9.72 Å². The first-order chi connectivity index (χ1) is 9.16. The van der Waals surface area contributed by atoms with Gasteiger partial charge in [-0.2, -0.15) is 5.10 Å². The highest BCUT2D eigenvalue weighted by atomic mass is 16.6. The lowest BCUT2D eigenvalue weighted by Gasteiger charge is -2.09. The van der Waals surface area contributed by atoms with Crippen molar-refractivity contribution in [2.75, 3.05) is 6.54 Å². The van der Waals surface area contributed by atoms with Crippen LogP contribution in [0.2, 0.25) is 0 Å². The molecule has 0 unspecified atom stereocenters. The Morgan fingerprint density at radius 3 is 2.79 bits per heavy atom. The monoisotopic (exact) mass is 259 g/mol. The normalized spacial score (nSPS) is 18.3. The number of benzene rings is 1. The van der Waals surface area contributed by atoms with Crippen molar-refractivity contribution in [3.05, 3.63) is 39.9 Å². The molecule has 1 aliphatic heterocycles. The van der Waals surface area contributed by atoms with Gasteiger partial charge in [-0.25, -0.2) is 5.01 Å². The van der Waals surface area contributed by atoms with E-state index in [0.29, 0.717) is 24.2 Å². The van der Waals surface area contributed by atoms with Crippen LogP contribution in [0.3, 0.4) is 0 Å². The van der Waals surface area contributed by atoms with Gasteiger partial charge in [0, 0.05) is 18.4 Å². The fourth-order valence-corrected chi connectivity index (χ4v) is 2.22. The van der Waals surface area contributed by atoms with Gasteiger partial charge in [-0.3, -0.25) is 14.9 Å². The van der Waals surface area contributed by atoms with Crippen LogP contribution < -0.4 is 0 Å². The average molecular weight is 259 g/mol. The smallest absolute Gasteiger partial charge is 0.273 e. The number of nitro groups is 1. The molecule has 1 aliphatic carbocycles. The summed E-state index contributed by atoms with van der Waals surface area (Å²) in [6, 6.07) is 6.52. The lowest BCUT2D eigenvalue weighted by Crippen LogP contribution is -2.24. The number of carbonyl (C=O) groups excluding carboxylic acids is 1. The number of hydrazone groups is 1. The third kappa shape index (κ3) is 2.21. The predicted molar refractivity (Wildman–Crippen MR) is 68.7 cm³/mol. The molecule has 0 bridgehead atoms. The molecule has 2 aliphatic rings. The lowest BCUT2D eigenvalue weighted by molar-refractivity contribution is -0.385. The summed E-state index contributed by atoms with van der Waals surface area (Å²) >= 11 is 0. The molecule has 0 atom stereocenters. The van der Waals surface area contributed by atoms with Gasteiger partial charge in [0.1, 0.15) is 0 Å². The van der Waals surface area contributed by atoms with E-state index in [2.05, 4.69) is 5.10 Å². The van der Waals surface area contributed by atoms with Crippen LogP contribution in [0, 0.1) is 16.0 Å². The molecule has 0 N–H and O–H groups in total. The fraction of sp³-hybridized carbons (Fsp3) is 0.385. The van der Waals surface area contributed by atoms with Crippen LogP contribution in [0.5, 0.6) is 0 Å². The van der Waals surface area contributed by atoms with Gasteiger partial charge in [-0.05, 0) is 18.9 Å². The van der Waals surface area contributed by atoms with Crippen molar-refractivity contribution >= 4 is 17.3 Å². The Labute approximate surface area is 109 Å². The molecule has 98 valence electrons. The summed E-state index contributed by atoms with van der Waals surface area (Å²) < 4.78 is 0. The second-order valence-electron chi connectivity index (χ2n) is 4.81. The molecule has 1 fully saturated rings. The summed E-state index contributed by atoms with van der Waals surface area (Å²) in [5.74, 6) is 0.169. The first-order valence-corrected chi connectivity index (χ1v) is 6.29. The summed E-state index contributed by atoms with van der Waals surface area (Å²) in [5, 5.41) is 16.7. The minimum atomic E-state index is -0.413. The molecule has 1 aromatic rings. The van der Waals surface area contributed by atoms with E-state index < -0.39 is 4.92 Å². The zero-order valence-corrected chi connectivity index (χ0v) is 10.3. The van der Waals surface area contributed by atoms with E-state index in [1.807, 2.05) is 0 Å². The zero-order valence-electron chi connectivity index (χ0n) is 10.3. The van der Waals surface area contributed by atoms with Crippen molar-refractivity contribution in [3.8, 4) is 0 Å². The van der Waals surface area contributed by atoms with Crippen LogP contribution in [0.25, 0.3) is 0 Å². The number of hydrogen-bond donors (Lipinski definition) is 0. The summed E-state index contributed by atoms with van der Waals surface area (Å²) in [6.45, 7) is 0.525. The molecule has 6 heteroatoms. The molecule has 1 aromatic carbocycles. The second-order valence-corrected chi connectivity index (χ2v) is 4.81. The molecule has 3 rings (SSSR count). The van der Waals surface area contributed by atoms with Crippen LogP contribution in [0.4, 0.5) is 5.69 Å². The summed E-state index contributed by atoms with van der Waals surface area (Å²) in [7, 11) is 0. The molecule has 0 aromatic heterocycles. The summed E-state index contributed by atoms with van der Waals surface area (Å²) in [5.41, 5.74) is 1.18. The molecule has 1 heterocycles. The summed E-state index contributed by atoms with van der Waals surface area (Å²) in [4.78, 5) is 22.5. The molecular weight excluding hydrogens is 246 g/mol. The number of hydrogen-bond acceptors (Lipinski definition) is 4. The standard InChI is InChI=1S/C13H13N3O3/c17-13(9-5-6-9)15-8-7-11(14-15)10-3-1-2-4-12(10)16(18)19/h1-4,9H,5-8H2. The van der Waals surface area contributed by atoms with Gasteiger partial charge < -0.3 is 0 Å². The van der Waals surface area contributed by atoms with Crippen LogP contribution in [-0.4, -0.2) is 28.1 Å². The minimum Gasteiger partial charge on any atom is -0.273 e. The third-order valence-electron chi connectivity index (χ3n) is 3.39. The maximum Gasteiger partial charge on any atom is 0.278 e. The number of nitrogens with zero attached hydrogens (tertiary/aromatic N) is 3. The Morgan fingerprint density at radius 1 is 1.37 bits per heavy atom. The van der Waals surface area contributed by atoms with Gasteiger partial charge in [-0.15, -0.1) is 0 Å². The lowest BCUT2D eigenvalue weighted by atomic mass is 10.1. The molecule has 1 saturated carbocycles. The van der Waals surface area contributed by atoms with E-state index >= 15 is 0 Å². The van der Waals surface area contributed by atoms with Crippen LogP contribution in [0.1, 0.15) is 24.8 Å². The quantitative estimate of drug-likeness (QED) is 0.615. The van der Waals surface area contributed by atoms with Crippen molar-refractivity contribution in [1.29, 1.82) is 0 Å². The maximum absolute atomic E-state index is 11.9. The number of nitro benzene ring substituents is 1. The molecule has 0 saturated heterocycles. The highest BCUT2D eigenvalue weighted by molar-refractivity contribution is 6.05. The first kappa shape index (κ1) is 11.8. The Kier molecular flexibility index (Phi) is 2.77. The Morgan fingerprint density at radius 2 is 2.11 bits per heavy atom. The van der Waals surface area contributed by atoms with Gasteiger partial charge in [0.25, 0.3) is 5.69 Å². The van der Waals surface area contributed by atoms with E-state index in [-0.39, 0.29) is 17.5 Å². The SMILES string of the molecule is O=C(C1CC1)N1CCC(c2ccccc2[N+](=O)[O-])=N1. The van der Waals surface area contributed by atoms with Crippen molar-refractivity contribution in [2.24, 2.45) is 11.0 Å². The van der Waals surface area contributed by atoms with Gasteiger partial charge in [0.15, 0.2) is 0 Å². The third-order valence-corrected chi connectivity index (χ3v) is 3.39. The predicted octanol–water partition coefficient (Wildman–Crippen LogP) is 1.94. The number of rotatable bonds is 3.